The van der Waals surface area contributed by atoms with Crippen LogP contribution in [-0.4, -0.2) is 51.2 Å². The maximum Gasteiger partial charge on any atom is 0.194 e. The lowest BCUT2D eigenvalue weighted by molar-refractivity contribution is 0.440. The third kappa shape index (κ3) is 8.29. The quantitative estimate of drug-likeness (QED) is 0.229. The minimum atomic E-state index is -3.12. The molecule has 0 radical (unpaired) electrons. The van der Waals surface area contributed by atoms with Crippen LogP contribution < -0.4 is 5.32 Å². The normalized spacial score (nSPS) is 14.5. The Morgan fingerprint density at radius 2 is 1.74 bits per heavy atom. The fourth-order valence-corrected chi connectivity index (χ4v) is 4.99. The SMILES string of the molecule is CCNC(=NCCCS(=O)(=O)Cc1ccccc1)N1CC=C(c2ccccc2)CC1.I. The van der Waals surface area contributed by atoms with E-state index in [4.69, 9.17) is 0 Å². The molecule has 0 saturated carbocycles. The highest BCUT2D eigenvalue weighted by atomic mass is 127. The summed E-state index contributed by atoms with van der Waals surface area (Å²) in [5, 5.41) is 3.34. The van der Waals surface area contributed by atoms with Gasteiger partial charge in [-0.25, -0.2) is 8.42 Å². The molecule has 0 fully saturated rings. The van der Waals surface area contributed by atoms with E-state index in [2.05, 4.69) is 52.5 Å². The number of aliphatic imine (C=N–C) groups is 1. The lowest BCUT2D eigenvalue weighted by Crippen LogP contribution is -2.43. The van der Waals surface area contributed by atoms with Crippen LogP contribution in [0.25, 0.3) is 5.57 Å². The van der Waals surface area contributed by atoms with Crippen molar-refractivity contribution in [2.24, 2.45) is 4.99 Å². The minimum absolute atomic E-state index is 0. The number of nitrogens with one attached hydrogen (secondary N) is 1. The van der Waals surface area contributed by atoms with Crippen molar-refractivity contribution < 1.29 is 8.42 Å². The van der Waals surface area contributed by atoms with Gasteiger partial charge >= 0.3 is 0 Å². The summed E-state index contributed by atoms with van der Waals surface area (Å²) < 4.78 is 24.7. The van der Waals surface area contributed by atoms with Crippen molar-refractivity contribution in [3.05, 3.63) is 77.9 Å². The van der Waals surface area contributed by atoms with Gasteiger partial charge in [0.1, 0.15) is 0 Å². The fraction of sp³-hybridized carbons (Fsp3) is 0.375. The Kier molecular flexibility index (Phi) is 10.5. The second-order valence-electron chi connectivity index (χ2n) is 7.46. The van der Waals surface area contributed by atoms with E-state index in [1.807, 2.05) is 36.4 Å². The predicted octanol–water partition coefficient (Wildman–Crippen LogP) is 4.36. The third-order valence-corrected chi connectivity index (χ3v) is 6.78. The van der Waals surface area contributed by atoms with Crippen LogP contribution in [0, 0.1) is 0 Å². The average molecular weight is 554 g/mol. The van der Waals surface area contributed by atoms with Gasteiger partial charge in [-0.05, 0) is 36.5 Å². The summed E-state index contributed by atoms with van der Waals surface area (Å²) in [5.74, 6) is 1.11. The molecule has 1 aliphatic heterocycles. The van der Waals surface area contributed by atoms with Crippen molar-refractivity contribution in [1.29, 1.82) is 0 Å². The molecular weight excluding hydrogens is 521 g/mol. The first-order valence-corrected chi connectivity index (χ1v) is 12.4. The van der Waals surface area contributed by atoms with E-state index in [9.17, 15) is 8.42 Å². The van der Waals surface area contributed by atoms with E-state index in [1.165, 1.54) is 11.1 Å². The Labute approximate surface area is 203 Å². The summed E-state index contributed by atoms with van der Waals surface area (Å²) in [7, 11) is -3.12. The smallest absolute Gasteiger partial charge is 0.194 e. The van der Waals surface area contributed by atoms with Gasteiger partial charge in [0.15, 0.2) is 15.8 Å². The summed E-state index contributed by atoms with van der Waals surface area (Å²) in [6.07, 6.45) is 3.76. The zero-order valence-electron chi connectivity index (χ0n) is 18.0. The number of nitrogens with zero attached hydrogens (tertiary/aromatic N) is 2. The first-order chi connectivity index (χ1) is 14.6. The summed E-state index contributed by atoms with van der Waals surface area (Å²) in [6, 6.07) is 19.8. The second kappa shape index (κ2) is 12.9. The molecule has 31 heavy (non-hydrogen) atoms. The van der Waals surface area contributed by atoms with Gasteiger partial charge in [0.05, 0.1) is 11.5 Å². The number of rotatable bonds is 8. The summed E-state index contributed by atoms with van der Waals surface area (Å²) in [5.41, 5.74) is 3.49. The molecular formula is C24H32IN3O2S. The van der Waals surface area contributed by atoms with Crippen molar-refractivity contribution in [3.8, 4) is 0 Å². The largest absolute Gasteiger partial charge is 0.357 e. The monoisotopic (exact) mass is 553 g/mol. The number of benzene rings is 2. The first kappa shape index (κ1) is 25.4. The molecule has 2 aromatic carbocycles. The molecule has 0 aromatic heterocycles. The van der Waals surface area contributed by atoms with E-state index >= 15 is 0 Å². The van der Waals surface area contributed by atoms with Gasteiger partial charge in [0.25, 0.3) is 0 Å². The van der Waals surface area contributed by atoms with Crippen LogP contribution in [-0.2, 0) is 15.6 Å². The van der Waals surface area contributed by atoms with Crippen LogP contribution in [0.15, 0.2) is 71.7 Å². The molecule has 0 unspecified atom stereocenters. The van der Waals surface area contributed by atoms with E-state index in [0.717, 1.165) is 37.6 Å². The molecule has 5 nitrogen and oxygen atoms in total. The highest BCUT2D eigenvalue weighted by molar-refractivity contribution is 14.0. The molecule has 0 amide bonds. The van der Waals surface area contributed by atoms with Crippen LogP contribution in [0.1, 0.15) is 30.9 Å². The van der Waals surface area contributed by atoms with Crippen LogP contribution in [0.2, 0.25) is 0 Å². The van der Waals surface area contributed by atoms with Crippen molar-refractivity contribution >= 4 is 45.3 Å². The summed E-state index contributed by atoms with van der Waals surface area (Å²) in [4.78, 5) is 6.91. The molecule has 1 N–H and O–H groups in total. The Hall–Kier alpha value is -1.87. The standard InChI is InChI=1S/C24H31N3O2S.HI/c1-2-25-24(27-17-14-23(15-18-27)22-12-7-4-8-13-22)26-16-9-19-30(28,29)20-21-10-5-3-6-11-21;/h3-8,10-14H,2,9,15-20H2,1H3,(H,25,26);1H. The van der Waals surface area contributed by atoms with Crippen molar-refractivity contribution in [3.63, 3.8) is 0 Å². The highest BCUT2D eigenvalue weighted by Crippen LogP contribution is 2.22. The van der Waals surface area contributed by atoms with Gasteiger partial charge in [-0.1, -0.05) is 66.7 Å². The van der Waals surface area contributed by atoms with E-state index in [-0.39, 0.29) is 35.5 Å². The minimum Gasteiger partial charge on any atom is -0.357 e. The number of sulfone groups is 1. The Balaban J connectivity index is 0.00000341. The zero-order valence-corrected chi connectivity index (χ0v) is 21.2. The van der Waals surface area contributed by atoms with Crippen molar-refractivity contribution in [2.45, 2.75) is 25.5 Å². The molecule has 0 spiro atoms. The van der Waals surface area contributed by atoms with Gasteiger partial charge in [0, 0.05) is 26.2 Å². The molecule has 3 rings (SSSR count). The third-order valence-electron chi connectivity index (χ3n) is 5.09. The first-order valence-electron chi connectivity index (χ1n) is 10.6. The molecule has 1 heterocycles. The van der Waals surface area contributed by atoms with Crippen LogP contribution >= 0.6 is 24.0 Å². The predicted molar refractivity (Wildman–Crippen MR) is 141 cm³/mol. The summed E-state index contributed by atoms with van der Waals surface area (Å²) in [6.45, 7) is 5.05. The average Bonchev–Trinajstić information content (AvgIpc) is 2.77. The van der Waals surface area contributed by atoms with E-state index in [1.54, 1.807) is 0 Å². The Bertz CT molecular complexity index is 961. The van der Waals surface area contributed by atoms with Crippen LogP contribution in [0.5, 0.6) is 0 Å². The number of halogens is 1. The lowest BCUT2D eigenvalue weighted by atomic mass is 10.00. The van der Waals surface area contributed by atoms with Gasteiger partial charge < -0.3 is 10.2 Å². The molecule has 0 saturated heterocycles. The fourth-order valence-electron chi connectivity index (χ4n) is 3.57. The molecule has 0 bridgehead atoms. The molecule has 0 aliphatic carbocycles. The van der Waals surface area contributed by atoms with Crippen LogP contribution in [0.4, 0.5) is 0 Å². The topological polar surface area (TPSA) is 61.8 Å². The maximum atomic E-state index is 12.4. The van der Waals surface area contributed by atoms with E-state index < -0.39 is 9.84 Å². The van der Waals surface area contributed by atoms with Gasteiger partial charge in [0.2, 0.25) is 0 Å². The molecule has 168 valence electrons. The number of guanidine groups is 1. The number of hydrogen-bond donors (Lipinski definition) is 1. The van der Waals surface area contributed by atoms with Crippen molar-refractivity contribution in [2.75, 3.05) is 31.9 Å². The lowest BCUT2D eigenvalue weighted by Gasteiger charge is -2.30. The van der Waals surface area contributed by atoms with Gasteiger partial charge in [-0.15, -0.1) is 24.0 Å². The zero-order chi connectivity index (χ0) is 21.2. The maximum absolute atomic E-state index is 12.4. The van der Waals surface area contributed by atoms with Gasteiger partial charge in [-0.3, -0.25) is 4.99 Å². The highest BCUT2D eigenvalue weighted by Gasteiger charge is 2.16. The second-order valence-corrected chi connectivity index (χ2v) is 9.64. The molecule has 7 heteroatoms. The molecule has 1 aliphatic rings. The van der Waals surface area contributed by atoms with E-state index in [0.29, 0.717) is 13.0 Å². The molecule has 0 atom stereocenters. The number of hydrogen-bond acceptors (Lipinski definition) is 3. The molecule has 2 aromatic rings. The van der Waals surface area contributed by atoms with Crippen molar-refractivity contribution in [1.82, 2.24) is 10.2 Å². The van der Waals surface area contributed by atoms with Gasteiger partial charge in [-0.2, -0.15) is 0 Å². The summed E-state index contributed by atoms with van der Waals surface area (Å²) >= 11 is 0. The Morgan fingerprint density at radius 3 is 2.35 bits per heavy atom. The Morgan fingerprint density at radius 1 is 1.06 bits per heavy atom. The van der Waals surface area contributed by atoms with Crippen LogP contribution in [0.3, 0.4) is 0 Å².